The van der Waals surface area contributed by atoms with E-state index >= 15 is 0 Å². The summed E-state index contributed by atoms with van der Waals surface area (Å²) in [7, 11) is 0. The van der Waals surface area contributed by atoms with Gasteiger partial charge in [-0.3, -0.25) is 0 Å². The van der Waals surface area contributed by atoms with Crippen LogP contribution in [0.5, 0.6) is 0 Å². The van der Waals surface area contributed by atoms with Crippen LogP contribution >= 0.6 is 0 Å². The molecule has 0 fully saturated rings. The Hall–Kier alpha value is -4.76. The molecule has 8 rings (SSSR count). The van der Waals surface area contributed by atoms with E-state index in [1.807, 2.05) is 0 Å². The lowest BCUT2D eigenvalue weighted by Crippen LogP contribution is -1.93. The molecule has 0 aliphatic heterocycles. The summed E-state index contributed by atoms with van der Waals surface area (Å²) in [5.74, 6) is 0. The van der Waals surface area contributed by atoms with Gasteiger partial charge < -0.3 is 14.1 Å². The zero-order chi connectivity index (χ0) is 22.9. The van der Waals surface area contributed by atoms with E-state index in [0.717, 1.165) is 5.52 Å². The van der Waals surface area contributed by atoms with Crippen LogP contribution < -0.4 is 0 Å². The van der Waals surface area contributed by atoms with Crippen LogP contribution in [0.15, 0.2) is 121 Å². The van der Waals surface area contributed by atoms with Crippen molar-refractivity contribution in [3.8, 4) is 11.4 Å². The summed E-state index contributed by atoms with van der Waals surface area (Å²) in [5, 5.41) is 5.01. The Kier molecular flexibility index (Phi) is 3.66. The van der Waals surface area contributed by atoms with Crippen molar-refractivity contribution < 1.29 is 0 Å². The van der Waals surface area contributed by atoms with E-state index in [1.54, 1.807) is 0 Å². The number of benzene rings is 5. The van der Waals surface area contributed by atoms with Gasteiger partial charge in [-0.25, -0.2) is 0 Å². The molecule has 3 heteroatoms. The first-order valence-corrected chi connectivity index (χ1v) is 12.0. The minimum Gasteiger partial charge on any atom is -0.354 e. The molecule has 0 saturated carbocycles. The van der Waals surface area contributed by atoms with E-state index in [1.165, 1.54) is 60.5 Å². The fraction of sp³-hybridized carbons (Fsp3) is 0. The van der Waals surface area contributed by atoms with Crippen LogP contribution in [0, 0.1) is 0 Å². The largest absolute Gasteiger partial charge is 0.354 e. The Morgan fingerprint density at radius 2 is 1.03 bits per heavy atom. The van der Waals surface area contributed by atoms with Gasteiger partial charge in [0.2, 0.25) is 0 Å². The normalized spacial score (nSPS) is 12.0. The molecule has 3 aromatic heterocycles. The van der Waals surface area contributed by atoms with Crippen LogP contribution in [-0.2, 0) is 0 Å². The van der Waals surface area contributed by atoms with Gasteiger partial charge in [-0.2, -0.15) is 0 Å². The van der Waals surface area contributed by atoms with Gasteiger partial charge in [0.1, 0.15) is 0 Å². The molecule has 0 radical (unpaired) electrons. The number of aromatic nitrogens is 3. The van der Waals surface area contributed by atoms with E-state index in [4.69, 9.17) is 0 Å². The molecule has 0 aliphatic rings. The summed E-state index contributed by atoms with van der Waals surface area (Å²) in [4.78, 5) is 3.77. The highest BCUT2D eigenvalue weighted by atomic mass is 15.1. The molecule has 3 nitrogen and oxygen atoms in total. The Morgan fingerprint density at radius 3 is 1.77 bits per heavy atom. The average molecular weight is 448 g/mol. The van der Waals surface area contributed by atoms with E-state index in [0.29, 0.717) is 0 Å². The predicted molar refractivity (Wildman–Crippen MR) is 147 cm³/mol. The number of hydrogen-bond acceptors (Lipinski definition) is 0. The maximum absolute atomic E-state index is 3.77. The van der Waals surface area contributed by atoms with Crippen molar-refractivity contribution in [2.75, 3.05) is 0 Å². The zero-order valence-corrected chi connectivity index (χ0v) is 18.9. The van der Waals surface area contributed by atoms with Gasteiger partial charge in [0.25, 0.3) is 0 Å². The second-order valence-electron chi connectivity index (χ2n) is 9.11. The van der Waals surface area contributed by atoms with Gasteiger partial charge in [0.15, 0.2) is 0 Å². The van der Waals surface area contributed by atoms with E-state index in [2.05, 4.69) is 135 Å². The molecular weight excluding hydrogens is 426 g/mol. The topological polar surface area (TPSA) is 25.6 Å². The van der Waals surface area contributed by atoms with Gasteiger partial charge in [-0.1, -0.05) is 78.9 Å². The second-order valence-corrected chi connectivity index (χ2v) is 9.11. The summed E-state index contributed by atoms with van der Waals surface area (Å²) in [6.45, 7) is 0. The maximum atomic E-state index is 3.77. The summed E-state index contributed by atoms with van der Waals surface area (Å²) in [6, 6.07) is 43.3. The van der Waals surface area contributed by atoms with Crippen molar-refractivity contribution >= 4 is 54.6 Å². The quantitative estimate of drug-likeness (QED) is 0.275. The Bertz CT molecular complexity index is 2000. The molecule has 5 aromatic carbocycles. The molecule has 0 aliphatic carbocycles. The van der Waals surface area contributed by atoms with Crippen LogP contribution in [0.2, 0.25) is 0 Å². The predicted octanol–water partition coefficient (Wildman–Crippen LogP) is 8.36. The van der Waals surface area contributed by atoms with Gasteiger partial charge in [0, 0.05) is 38.4 Å². The van der Waals surface area contributed by atoms with E-state index < -0.39 is 0 Å². The molecule has 35 heavy (non-hydrogen) atoms. The van der Waals surface area contributed by atoms with Gasteiger partial charge in [-0.15, -0.1) is 0 Å². The highest BCUT2D eigenvalue weighted by molar-refractivity contribution is 6.28. The first kappa shape index (κ1) is 18.6. The number of aromatic amines is 1. The molecular formula is C32H21N3. The molecule has 0 bridgehead atoms. The first-order valence-electron chi connectivity index (χ1n) is 12.0. The summed E-state index contributed by atoms with van der Waals surface area (Å²) in [6.07, 6.45) is 0. The Labute approximate surface area is 201 Å². The molecule has 0 atom stereocenters. The van der Waals surface area contributed by atoms with Crippen molar-refractivity contribution in [2.24, 2.45) is 0 Å². The molecule has 0 spiro atoms. The minimum atomic E-state index is 1.16. The SMILES string of the molecule is c1ccc(-n2c3ccc4c5ccccc5[nH]c4c3c3c2c2ccccc2n3-c2ccccc2)cc1. The summed E-state index contributed by atoms with van der Waals surface area (Å²) >= 11 is 0. The molecule has 164 valence electrons. The highest BCUT2D eigenvalue weighted by Crippen LogP contribution is 2.44. The second kappa shape index (κ2) is 6.87. The maximum Gasteiger partial charge on any atom is 0.0825 e. The fourth-order valence-electron chi connectivity index (χ4n) is 5.82. The van der Waals surface area contributed by atoms with Crippen LogP contribution in [0.25, 0.3) is 66.0 Å². The van der Waals surface area contributed by atoms with Gasteiger partial charge >= 0.3 is 0 Å². The van der Waals surface area contributed by atoms with Crippen molar-refractivity contribution in [3.63, 3.8) is 0 Å². The molecule has 1 N–H and O–H groups in total. The minimum absolute atomic E-state index is 1.16. The lowest BCUT2D eigenvalue weighted by atomic mass is 10.1. The van der Waals surface area contributed by atoms with Gasteiger partial charge in [-0.05, 0) is 42.5 Å². The summed E-state index contributed by atoms with van der Waals surface area (Å²) < 4.78 is 4.86. The number of H-pyrrole nitrogens is 1. The number of rotatable bonds is 2. The molecule has 0 amide bonds. The van der Waals surface area contributed by atoms with Crippen molar-refractivity contribution in [3.05, 3.63) is 121 Å². The average Bonchev–Trinajstić information content (AvgIpc) is 3.57. The molecule has 0 unspecified atom stereocenters. The molecule has 0 saturated heterocycles. The number of fused-ring (bicyclic) bond motifs is 9. The monoisotopic (exact) mass is 447 g/mol. The standard InChI is InChI=1S/C32H21N3/c1-3-11-21(12-4-1)34-27-18-10-8-16-25(27)31-32(34)29-28(35(31)22-13-5-2-6-14-22)20-19-24-23-15-7-9-17-26(23)33-30(24)29/h1-20,33H. The highest BCUT2D eigenvalue weighted by Gasteiger charge is 2.24. The van der Waals surface area contributed by atoms with Gasteiger partial charge in [0.05, 0.1) is 27.6 Å². The van der Waals surface area contributed by atoms with Crippen LogP contribution in [0.1, 0.15) is 0 Å². The van der Waals surface area contributed by atoms with Crippen LogP contribution in [0.4, 0.5) is 0 Å². The lowest BCUT2D eigenvalue weighted by Gasteiger charge is -2.09. The Balaban J connectivity index is 1.71. The Morgan fingerprint density at radius 1 is 0.429 bits per heavy atom. The first-order chi connectivity index (χ1) is 17.4. The molecule has 8 aromatic rings. The van der Waals surface area contributed by atoms with Crippen molar-refractivity contribution in [1.29, 1.82) is 0 Å². The third kappa shape index (κ3) is 2.44. The number of nitrogens with zero attached hydrogens (tertiary/aromatic N) is 2. The lowest BCUT2D eigenvalue weighted by molar-refractivity contribution is 1.17. The smallest absolute Gasteiger partial charge is 0.0825 e. The van der Waals surface area contributed by atoms with Crippen LogP contribution in [0.3, 0.4) is 0 Å². The van der Waals surface area contributed by atoms with E-state index in [9.17, 15) is 0 Å². The van der Waals surface area contributed by atoms with E-state index in [-0.39, 0.29) is 0 Å². The third-order valence-electron chi connectivity index (χ3n) is 7.24. The van der Waals surface area contributed by atoms with Crippen molar-refractivity contribution in [2.45, 2.75) is 0 Å². The zero-order valence-electron chi connectivity index (χ0n) is 18.9. The van der Waals surface area contributed by atoms with Crippen LogP contribution in [-0.4, -0.2) is 14.1 Å². The number of hydrogen-bond donors (Lipinski definition) is 1. The number of nitrogens with one attached hydrogen (secondary N) is 1. The third-order valence-corrected chi connectivity index (χ3v) is 7.24. The van der Waals surface area contributed by atoms with Crippen molar-refractivity contribution in [1.82, 2.24) is 14.1 Å². The number of para-hydroxylation sites is 4. The molecule has 3 heterocycles. The summed E-state index contributed by atoms with van der Waals surface area (Å²) in [5.41, 5.74) is 9.56. The fourth-order valence-corrected chi connectivity index (χ4v) is 5.82.